The number of aryl methyl sites for hydroxylation is 1. The van der Waals surface area contributed by atoms with E-state index < -0.39 is 0 Å². The molecule has 0 saturated heterocycles. The average Bonchev–Trinajstić information content (AvgIpc) is 2.42. The fraction of sp³-hybridized carbons (Fsp3) is 0.647. The van der Waals surface area contributed by atoms with Gasteiger partial charge in [0.15, 0.2) is 0 Å². The molecule has 2 N–H and O–H groups in total. The lowest BCUT2D eigenvalue weighted by Gasteiger charge is -2.24. The largest absolute Gasteiger partial charge is 0.330 e. The van der Waals surface area contributed by atoms with Crippen LogP contribution in [-0.4, -0.2) is 6.54 Å². The van der Waals surface area contributed by atoms with Gasteiger partial charge in [0, 0.05) is 0 Å². The Hall–Kier alpha value is -0.820. The highest BCUT2D eigenvalue weighted by atomic mass is 14.5. The van der Waals surface area contributed by atoms with E-state index in [9.17, 15) is 0 Å². The molecule has 1 aliphatic rings. The van der Waals surface area contributed by atoms with Crippen LogP contribution in [0.4, 0.5) is 0 Å². The molecular weight excluding hydrogens is 218 g/mol. The van der Waals surface area contributed by atoms with Crippen molar-refractivity contribution in [3.8, 4) is 0 Å². The SMILES string of the molecule is Cc1ccc(C(CN)CCC2CCCCC2)cc1. The fourth-order valence-corrected chi connectivity index (χ4v) is 3.17. The van der Waals surface area contributed by atoms with Gasteiger partial charge in [-0.25, -0.2) is 0 Å². The molecule has 1 unspecified atom stereocenters. The molecule has 0 heterocycles. The highest BCUT2D eigenvalue weighted by Crippen LogP contribution is 2.30. The van der Waals surface area contributed by atoms with E-state index in [1.54, 1.807) is 0 Å². The molecule has 1 aliphatic carbocycles. The van der Waals surface area contributed by atoms with E-state index in [1.165, 1.54) is 56.1 Å². The highest BCUT2D eigenvalue weighted by Gasteiger charge is 2.16. The van der Waals surface area contributed by atoms with Crippen molar-refractivity contribution in [2.45, 2.75) is 57.8 Å². The second-order valence-corrected chi connectivity index (χ2v) is 5.92. The van der Waals surface area contributed by atoms with E-state index in [0.29, 0.717) is 5.92 Å². The minimum absolute atomic E-state index is 0.563. The molecule has 1 nitrogen and oxygen atoms in total. The first-order valence-corrected chi connectivity index (χ1v) is 7.56. The van der Waals surface area contributed by atoms with E-state index in [-0.39, 0.29) is 0 Å². The summed E-state index contributed by atoms with van der Waals surface area (Å²) in [7, 11) is 0. The topological polar surface area (TPSA) is 26.0 Å². The van der Waals surface area contributed by atoms with Gasteiger partial charge in [-0.2, -0.15) is 0 Å². The van der Waals surface area contributed by atoms with Crippen molar-refractivity contribution in [1.29, 1.82) is 0 Å². The zero-order chi connectivity index (χ0) is 12.8. The number of hydrogen-bond donors (Lipinski definition) is 1. The number of nitrogens with two attached hydrogens (primary N) is 1. The Bertz CT molecular complexity index is 335. The van der Waals surface area contributed by atoms with Gasteiger partial charge in [0.1, 0.15) is 0 Å². The lowest BCUT2D eigenvalue weighted by molar-refractivity contribution is 0.324. The van der Waals surface area contributed by atoms with Crippen LogP contribution in [0.15, 0.2) is 24.3 Å². The Labute approximate surface area is 112 Å². The van der Waals surface area contributed by atoms with Crippen LogP contribution in [0.3, 0.4) is 0 Å². The van der Waals surface area contributed by atoms with Crippen molar-refractivity contribution in [2.24, 2.45) is 11.7 Å². The third-order valence-electron chi connectivity index (χ3n) is 4.48. The zero-order valence-electron chi connectivity index (χ0n) is 11.7. The van der Waals surface area contributed by atoms with E-state index >= 15 is 0 Å². The van der Waals surface area contributed by atoms with Crippen LogP contribution in [0, 0.1) is 12.8 Å². The van der Waals surface area contributed by atoms with Crippen LogP contribution >= 0.6 is 0 Å². The van der Waals surface area contributed by atoms with Crippen molar-refractivity contribution in [3.63, 3.8) is 0 Å². The predicted octanol–water partition coefficient (Wildman–Crippen LogP) is 4.40. The maximum absolute atomic E-state index is 5.96. The first kappa shape index (κ1) is 13.6. The van der Waals surface area contributed by atoms with Crippen molar-refractivity contribution in [3.05, 3.63) is 35.4 Å². The van der Waals surface area contributed by atoms with Gasteiger partial charge in [0.2, 0.25) is 0 Å². The Morgan fingerprint density at radius 3 is 2.39 bits per heavy atom. The summed E-state index contributed by atoms with van der Waals surface area (Å²) in [5.41, 5.74) is 8.72. The molecule has 1 aromatic carbocycles. The van der Waals surface area contributed by atoms with Crippen LogP contribution < -0.4 is 5.73 Å². The Balaban J connectivity index is 1.86. The van der Waals surface area contributed by atoms with E-state index in [4.69, 9.17) is 5.73 Å². The second kappa shape index (κ2) is 6.94. The zero-order valence-corrected chi connectivity index (χ0v) is 11.7. The lowest BCUT2D eigenvalue weighted by Crippen LogP contribution is -2.15. The van der Waals surface area contributed by atoms with E-state index in [1.807, 2.05) is 0 Å². The Kier molecular flexibility index (Phi) is 5.25. The van der Waals surface area contributed by atoms with Crippen molar-refractivity contribution in [1.82, 2.24) is 0 Å². The van der Waals surface area contributed by atoms with Crippen molar-refractivity contribution >= 4 is 0 Å². The molecule has 0 aliphatic heterocycles. The summed E-state index contributed by atoms with van der Waals surface area (Å²) >= 11 is 0. The predicted molar refractivity (Wildman–Crippen MR) is 78.8 cm³/mol. The van der Waals surface area contributed by atoms with Gasteiger partial charge in [-0.3, -0.25) is 0 Å². The maximum Gasteiger partial charge on any atom is -0.000824 e. The lowest BCUT2D eigenvalue weighted by atomic mass is 9.83. The van der Waals surface area contributed by atoms with E-state index in [2.05, 4.69) is 31.2 Å². The van der Waals surface area contributed by atoms with Gasteiger partial charge in [0.05, 0.1) is 0 Å². The summed E-state index contributed by atoms with van der Waals surface area (Å²) in [4.78, 5) is 0. The molecule has 100 valence electrons. The maximum atomic E-state index is 5.96. The first-order valence-electron chi connectivity index (χ1n) is 7.56. The van der Waals surface area contributed by atoms with Crippen LogP contribution in [0.5, 0.6) is 0 Å². The molecule has 0 spiro atoms. The molecule has 0 bridgehead atoms. The minimum Gasteiger partial charge on any atom is -0.330 e. The Morgan fingerprint density at radius 1 is 1.11 bits per heavy atom. The molecular formula is C17H27N. The average molecular weight is 245 g/mol. The fourth-order valence-electron chi connectivity index (χ4n) is 3.17. The van der Waals surface area contributed by atoms with Gasteiger partial charge in [0.25, 0.3) is 0 Å². The monoisotopic (exact) mass is 245 g/mol. The highest BCUT2D eigenvalue weighted by molar-refractivity contribution is 5.24. The summed E-state index contributed by atoms with van der Waals surface area (Å²) in [6.45, 7) is 2.93. The van der Waals surface area contributed by atoms with Gasteiger partial charge in [-0.15, -0.1) is 0 Å². The van der Waals surface area contributed by atoms with Crippen LogP contribution in [0.1, 0.15) is 62.0 Å². The third-order valence-corrected chi connectivity index (χ3v) is 4.48. The van der Waals surface area contributed by atoms with Crippen molar-refractivity contribution < 1.29 is 0 Å². The van der Waals surface area contributed by atoms with Gasteiger partial charge in [-0.1, -0.05) is 61.9 Å². The van der Waals surface area contributed by atoms with Crippen LogP contribution in [0.2, 0.25) is 0 Å². The molecule has 1 atom stereocenters. The molecule has 2 rings (SSSR count). The number of benzene rings is 1. The first-order chi connectivity index (χ1) is 8.79. The third kappa shape index (κ3) is 3.84. The van der Waals surface area contributed by atoms with Crippen molar-refractivity contribution in [2.75, 3.05) is 6.54 Å². The van der Waals surface area contributed by atoms with Crippen LogP contribution in [0.25, 0.3) is 0 Å². The summed E-state index contributed by atoms with van der Waals surface area (Å²) < 4.78 is 0. The standard InChI is InChI=1S/C17H27N/c1-14-7-10-16(11-8-14)17(13-18)12-9-15-5-3-2-4-6-15/h7-8,10-11,15,17H,2-6,9,12-13,18H2,1H3. The minimum atomic E-state index is 0.563. The summed E-state index contributed by atoms with van der Waals surface area (Å²) in [6, 6.07) is 8.93. The molecule has 1 heteroatoms. The quantitative estimate of drug-likeness (QED) is 0.817. The molecule has 1 aromatic rings. The second-order valence-electron chi connectivity index (χ2n) is 5.92. The summed E-state index contributed by atoms with van der Waals surface area (Å²) in [5.74, 6) is 1.53. The van der Waals surface area contributed by atoms with Crippen LogP contribution in [-0.2, 0) is 0 Å². The molecule has 0 radical (unpaired) electrons. The molecule has 1 fully saturated rings. The molecule has 0 aromatic heterocycles. The van der Waals surface area contributed by atoms with E-state index in [0.717, 1.165) is 12.5 Å². The summed E-state index contributed by atoms with van der Waals surface area (Å²) in [6.07, 6.45) is 9.89. The smallest absolute Gasteiger partial charge is 0.000824 e. The number of hydrogen-bond acceptors (Lipinski definition) is 1. The van der Waals surface area contributed by atoms with Gasteiger partial charge < -0.3 is 5.73 Å². The molecule has 18 heavy (non-hydrogen) atoms. The summed E-state index contributed by atoms with van der Waals surface area (Å²) in [5, 5.41) is 0. The molecule has 0 amide bonds. The van der Waals surface area contributed by atoms with Gasteiger partial charge >= 0.3 is 0 Å². The number of rotatable bonds is 5. The Morgan fingerprint density at radius 2 is 1.78 bits per heavy atom. The normalized spacial score (nSPS) is 18.8. The molecule has 1 saturated carbocycles. The van der Waals surface area contributed by atoms with Gasteiger partial charge in [-0.05, 0) is 43.7 Å².